The lowest BCUT2D eigenvalue weighted by Gasteiger charge is -2.27. The van der Waals surface area contributed by atoms with E-state index in [9.17, 15) is 19.8 Å². The second-order valence-electron chi connectivity index (χ2n) is 11.9. The van der Waals surface area contributed by atoms with Crippen LogP contribution in [0.5, 0.6) is 0 Å². The highest BCUT2D eigenvalue weighted by Gasteiger charge is 2.47. The quantitative estimate of drug-likeness (QED) is 0.134. The summed E-state index contributed by atoms with van der Waals surface area (Å²) in [6.45, 7) is 6.19. The molecule has 45 heavy (non-hydrogen) atoms. The summed E-state index contributed by atoms with van der Waals surface area (Å²) in [5, 5.41) is 21.9. The van der Waals surface area contributed by atoms with Gasteiger partial charge in [-0.15, -0.1) is 0 Å². The summed E-state index contributed by atoms with van der Waals surface area (Å²) in [4.78, 5) is 26.0. The summed E-state index contributed by atoms with van der Waals surface area (Å²) in [6.07, 6.45) is 13.7. The molecule has 2 heterocycles. The fourth-order valence-electron chi connectivity index (χ4n) is 6.69. The minimum absolute atomic E-state index is 0.00357. The maximum atomic E-state index is 11.9. The third-order valence-electron chi connectivity index (χ3n) is 8.50. The number of fused-ring (bicyclic) bond motifs is 4. The molecule has 0 spiro atoms. The van der Waals surface area contributed by atoms with E-state index in [2.05, 4.69) is 139 Å². The van der Waals surface area contributed by atoms with Crippen molar-refractivity contribution in [2.45, 2.75) is 38.0 Å². The second kappa shape index (κ2) is 13.4. The first-order chi connectivity index (χ1) is 21.2. The second-order valence-corrected chi connectivity index (χ2v) is 16.7. The fourth-order valence-corrected chi connectivity index (χ4v) is 11.1. The smallest absolute Gasteiger partial charge is 0.370 e. The SMILES string of the molecule is CN1C(=CC=CC=CC=CC2=[N+](CC(=O)O)c3ccc4c(I)cc(I)cc4c3C2(C)C)C(C)(CC(=O)O)c2c(I)cc(I)cc21. The topological polar surface area (TPSA) is 80.8 Å². The molecule has 0 radical (unpaired) electrons. The predicted molar refractivity (Wildman–Crippen MR) is 215 cm³/mol. The first kappa shape index (κ1) is 34.5. The summed E-state index contributed by atoms with van der Waals surface area (Å²) < 4.78 is 6.40. The van der Waals surface area contributed by atoms with Crippen molar-refractivity contribution in [1.82, 2.24) is 0 Å². The first-order valence-electron chi connectivity index (χ1n) is 14.1. The molecule has 1 atom stereocenters. The number of likely N-dealkylation sites (N-methyl/N-ethyl adjacent to an activating group) is 1. The zero-order valence-corrected chi connectivity index (χ0v) is 33.7. The molecule has 0 amide bonds. The summed E-state index contributed by atoms with van der Waals surface area (Å²) in [7, 11) is 1.99. The number of anilines is 1. The molecule has 0 saturated heterocycles. The van der Waals surface area contributed by atoms with E-state index in [1.807, 2.05) is 67.1 Å². The lowest BCUT2D eigenvalue weighted by atomic mass is 9.78. The molecular formula is C35H31I4N2O4+. The van der Waals surface area contributed by atoms with Crippen LogP contribution in [0, 0.1) is 14.3 Å². The van der Waals surface area contributed by atoms with Gasteiger partial charge in [-0.3, -0.25) is 4.79 Å². The Balaban J connectivity index is 1.44. The zero-order valence-electron chi connectivity index (χ0n) is 25.0. The minimum Gasteiger partial charge on any atom is -0.481 e. The van der Waals surface area contributed by atoms with Crippen molar-refractivity contribution in [3.8, 4) is 0 Å². The monoisotopic (exact) mass is 1050 g/mol. The number of nitrogens with zero attached hydrogens (tertiary/aromatic N) is 2. The van der Waals surface area contributed by atoms with Gasteiger partial charge in [-0.1, -0.05) is 30.4 Å². The van der Waals surface area contributed by atoms with Crippen molar-refractivity contribution in [3.05, 3.63) is 110 Å². The highest BCUT2D eigenvalue weighted by molar-refractivity contribution is 14.1. The highest BCUT2D eigenvalue weighted by Crippen LogP contribution is 2.51. The van der Waals surface area contributed by atoms with E-state index in [1.54, 1.807) is 0 Å². The normalized spacial score (nSPS) is 20.0. The number of hydrogen-bond acceptors (Lipinski definition) is 3. The zero-order chi connectivity index (χ0) is 32.8. The molecule has 0 aliphatic carbocycles. The molecular weight excluding hydrogens is 1020 g/mol. The average Bonchev–Trinajstić information content (AvgIpc) is 3.26. The van der Waals surface area contributed by atoms with Gasteiger partial charge in [-0.2, -0.15) is 4.58 Å². The Kier molecular flexibility index (Phi) is 10.3. The van der Waals surface area contributed by atoms with Crippen LogP contribution in [0.25, 0.3) is 10.8 Å². The lowest BCUT2D eigenvalue weighted by molar-refractivity contribution is -0.427. The molecule has 10 heteroatoms. The molecule has 3 aromatic rings. The van der Waals surface area contributed by atoms with Gasteiger partial charge in [0.1, 0.15) is 0 Å². The van der Waals surface area contributed by atoms with E-state index in [0.717, 1.165) is 50.0 Å². The number of hydrogen-bond donors (Lipinski definition) is 2. The molecule has 2 aliphatic heterocycles. The van der Waals surface area contributed by atoms with Crippen molar-refractivity contribution < 1.29 is 24.4 Å². The molecule has 0 fully saturated rings. The van der Waals surface area contributed by atoms with Crippen LogP contribution in [0.4, 0.5) is 11.4 Å². The number of carbonyl (C=O) groups is 2. The van der Waals surface area contributed by atoms with Crippen LogP contribution >= 0.6 is 90.4 Å². The van der Waals surface area contributed by atoms with Gasteiger partial charge in [0.15, 0.2) is 5.71 Å². The van der Waals surface area contributed by atoms with Crippen LogP contribution in [0.2, 0.25) is 0 Å². The standard InChI is InChI=1S/C35H30I4N2O4/c1-34(2)28(41(19-31(44)45)26-13-12-22-23(32(26)34)14-20(36)15-24(22)38)10-8-6-5-7-9-11-29-35(3,18-30(42)43)33-25(39)16-21(37)17-27(33)40(29)4/h5-17H,18-19H2,1-4H3,(H-,42,43,44,45)/p+1. The third kappa shape index (κ3) is 6.53. The molecule has 2 aliphatic rings. The van der Waals surface area contributed by atoms with Gasteiger partial charge < -0.3 is 15.1 Å². The number of aliphatic carboxylic acids is 2. The maximum Gasteiger partial charge on any atom is 0.370 e. The van der Waals surface area contributed by atoms with E-state index >= 15 is 0 Å². The van der Waals surface area contributed by atoms with Crippen LogP contribution in [-0.2, 0) is 20.4 Å². The van der Waals surface area contributed by atoms with Crippen LogP contribution in [0.15, 0.2) is 84.6 Å². The molecule has 0 saturated carbocycles. The fraction of sp³-hybridized carbons (Fsp3) is 0.229. The average molecular weight is 1050 g/mol. The number of carboxylic acid groups (broad SMARTS) is 2. The predicted octanol–water partition coefficient (Wildman–Crippen LogP) is 9.15. The van der Waals surface area contributed by atoms with Crippen LogP contribution < -0.4 is 4.90 Å². The Bertz CT molecular complexity index is 1920. The lowest BCUT2D eigenvalue weighted by Crippen LogP contribution is -2.29. The highest BCUT2D eigenvalue weighted by atomic mass is 127. The molecule has 232 valence electrons. The number of benzene rings is 3. The van der Waals surface area contributed by atoms with E-state index in [4.69, 9.17) is 0 Å². The van der Waals surface area contributed by atoms with Gasteiger partial charge >= 0.3 is 11.9 Å². The van der Waals surface area contributed by atoms with Gasteiger partial charge in [0.05, 0.1) is 11.8 Å². The number of rotatable bonds is 8. The van der Waals surface area contributed by atoms with Gasteiger partial charge in [-0.25, -0.2) is 4.79 Å². The van der Waals surface area contributed by atoms with Crippen LogP contribution in [0.3, 0.4) is 0 Å². The van der Waals surface area contributed by atoms with E-state index < -0.39 is 22.8 Å². The Morgan fingerprint density at radius 3 is 2.16 bits per heavy atom. The van der Waals surface area contributed by atoms with Gasteiger partial charge in [-0.05, 0) is 158 Å². The van der Waals surface area contributed by atoms with Crippen molar-refractivity contribution in [1.29, 1.82) is 0 Å². The minimum atomic E-state index is -0.883. The van der Waals surface area contributed by atoms with Gasteiger partial charge in [0, 0.05) is 61.4 Å². The molecule has 1 unspecified atom stereocenters. The number of allylic oxidation sites excluding steroid dienone is 8. The Morgan fingerprint density at radius 1 is 0.822 bits per heavy atom. The van der Waals surface area contributed by atoms with Crippen LogP contribution in [0.1, 0.15) is 38.3 Å². The Labute approximate surface area is 317 Å². The van der Waals surface area contributed by atoms with Crippen molar-refractivity contribution in [3.63, 3.8) is 0 Å². The third-order valence-corrected chi connectivity index (χ3v) is 11.5. The van der Waals surface area contributed by atoms with E-state index in [1.165, 1.54) is 8.96 Å². The van der Waals surface area contributed by atoms with Crippen LogP contribution in [-0.4, -0.2) is 46.0 Å². The van der Waals surface area contributed by atoms with E-state index in [0.29, 0.717) is 0 Å². The Morgan fingerprint density at radius 2 is 1.47 bits per heavy atom. The summed E-state index contributed by atoms with van der Waals surface area (Å²) in [6, 6.07) is 12.7. The molecule has 5 rings (SSSR count). The first-order valence-corrected chi connectivity index (χ1v) is 18.4. The van der Waals surface area contributed by atoms with Gasteiger partial charge in [0.25, 0.3) is 0 Å². The van der Waals surface area contributed by atoms with Crippen molar-refractivity contribution in [2.75, 3.05) is 18.5 Å². The van der Waals surface area contributed by atoms with Crippen molar-refractivity contribution in [2.24, 2.45) is 0 Å². The molecule has 6 nitrogen and oxygen atoms in total. The Hall–Kier alpha value is -1.79. The summed E-state index contributed by atoms with van der Waals surface area (Å²) in [5.41, 5.74) is 4.95. The van der Waals surface area contributed by atoms with Gasteiger partial charge in [0.2, 0.25) is 12.2 Å². The number of halogens is 4. The molecule has 2 N–H and O–H groups in total. The van der Waals surface area contributed by atoms with Crippen molar-refractivity contribution >= 4 is 130 Å². The van der Waals surface area contributed by atoms with E-state index in [-0.39, 0.29) is 13.0 Å². The summed E-state index contributed by atoms with van der Waals surface area (Å²) in [5.74, 6) is -1.72. The maximum absolute atomic E-state index is 11.9. The largest absolute Gasteiger partial charge is 0.481 e. The number of carboxylic acids is 2. The molecule has 3 aromatic carbocycles. The summed E-state index contributed by atoms with van der Waals surface area (Å²) >= 11 is 9.32. The molecule has 0 bridgehead atoms. The molecule has 0 aromatic heterocycles.